The largest absolute Gasteiger partial charge is 0.366 e. The van der Waals surface area contributed by atoms with Gasteiger partial charge in [0.15, 0.2) is 5.11 Å². The summed E-state index contributed by atoms with van der Waals surface area (Å²) in [5, 5.41) is 7.26. The molecule has 2 nitrogen and oxygen atoms in total. The highest BCUT2D eigenvalue weighted by Crippen LogP contribution is 2.09. The number of rotatable bonds is 2. The number of hydrogen-bond acceptors (Lipinski definition) is 1. The van der Waals surface area contributed by atoms with Gasteiger partial charge in [0.05, 0.1) is 0 Å². The first kappa shape index (κ1) is 10.3. The van der Waals surface area contributed by atoms with E-state index in [1.54, 1.807) is 7.05 Å². The molecular weight excluding hydrogens is 204 g/mol. The van der Waals surface area contributed by atoms with Crippen LogP contribution in [0.2, 0.25) is 5.02 Å². The van der Waals surface area contributed by atoms with Crippen LogP contribution in [0, 0.1) is 0 Å². The van der Waals surface area contributed by atoms with Gasteiger partial charge in [-0.1, -0.05) is 23.7 Å². The van der Waals surface area contributed by atoms with Gasteiger partial charge in [-0.3, -0.25) is 0 Å². The summed E-state index contributed by atoms with van der Waals surface area (Å²) in [5.41, 5.74) is 1.12. The lowest BCUT2D eigenvalue weighted by Gasteiger charge is -2.06. The van der Waals surface area contributed by atoms with E-state index in [1.807, 2.05) is 24.3 Å². The summed E-state index contributed by atoms with van der Waals surface area (Å²) in [6.45, 7) is 0.695. The Morgan fingerprint density at radius 3 is 2.92 bits per heavy atom. The Labute approximate surface area is 88.3 Å². The van der Waals surface area contributed by atoms with E-state index in [9.17, 15) is 0 Å². The first-order valence-corrected chi connectivity index (χ1v) is 4.71. The number of hydrogen-bond donors (Lipinski definition) is 2. The van der Waals surface area contributed by atoms with Crippen molar-refractivity contribution in [3.05, 3.63) is 34.9 Å². The van der Waals surface area contributed by atoms with E-state index in [1.165, 1.54) is 0 Å². The summed E-state index contributed by atoms with van der Waals surface area (Å²) in [6.07, 6.45) is 0. The first-order chi connectivity index (χ1) is 6.22. The lowest BCUT2D eigenvalue weighted by atomic mass is 10.2. The van der Waals surface area contributed by atoms with Gasteiger partial charge >= 0.3 is 0 Å². The quantitative estimate of drug-likeness (QED) is 0.736. The maximum absolute atomic E-state index is 5.82. The highest BCUT2D eigenvalue weighted by atomic mass is 35.5. The molecule has 2 N–H and O–H groups in total. The van der Waals surface area contributed by atoms with Crippen molar-refractivity contribution in [2.24, 2.45) is 0 Å². The van der Waals surface area contributed by atoms with Gasteiger partial charge in [-0.2, -0.15) is 0 Å². The lowest BCUT2D eigenvalue weighted by molar-refractivity contribution is 0.891. The molecule has 0 saturated heterocycles. The molecule has 0 amide bonds. The third-order valence-electron chi connectivity index (χ3n) is 1.57. The monoisotopic (exact) mass is 214 g/mol. The van der Waals surface area contributed by atoms with Crippen LogP contribution in [-0.2, 0) is 6.54 Å². The topological polar surface area (TPSA) is 24.1 Å². The second kappa shape index (κ2) is 5.04. The molecule has 1 aromatic rings. The van der Waals surface area contributed by atoms with Gasteiger partial charge in [0, 0.05) is 18.6 Å². The molecule has 0 aliphatic carbocycles. The molecule has 0 unspecified atom stereocenters. The van der Waals surface area contributed by atoms with E-state index >= 15 is 0 Å². The Kier molecular flexibility index (Phi) is 3.99. The summed E-state index contributed by atoms with van der Waals surface area (Å²) in [4.78, 5) is 0. The van der Waals surface area contributed by atoms with Gasteiger partial charge in [0.25, 0.3) is 0 Å². The van der Waals surface area contributed by atoms with Crippen LogP contribution in [0.25, 0.3) is 0 Å². The summed E-state index contributed by atoms with van der Waals surface area (Å²) >= 11 is 10.7. The molecule has 0 aromatic heterocycles. The number of benzene rings is 1. The van der Waals surface area contributed by atoms with E-state index < -0.39 is 0 Å². The van der Waals surface area contributed by atoms with Crippen LogP contribution >= 0.6 is 23.8 Å². The molecule has 0 aliphatic heterocycles. The predicted octanol–water partition coefficient (Wildman–Crippen LogP) is 1.93. The first-order valence-electron chi connectivity index (χ1n) is 3.92. The normalized spacial score (nSPS) is 9.38. The minimum atomic E-state index is 0.639. The van der Waals surface area contributed by atoms with Crippen LogP contribution < -0.4 is 10.6 Å². The van der Waals surface area contributed by atoms with Crippen molar-refractivity contribution in [1.29, 1.82) is 0 Å². The second-order valence-corrected chi connectivity index (χ2v) is 3.41. The van der Waals surface area contributed by atoms with Crippen molar-refractivity contribution in [2.75, 3.05) is 7.05 Å². The molecule has 0 atom stereocenters. The van der Waals surface area contributed by atoms with Crippen molar-refractivity contribution < 1.29 is 0 Å². The molecule has 0 saturated carbocycles. The fourth-order valence-electron chi connectivity index (χ4n) is 0.918. The maximum Gasteiger partial charge on any atom is 0.166 e. The average molecular weight is 215 g/mol. The number of thiocarbonyl (C=S) groups is 1. The zero-order valence-corrected chi connectivity index (χ0v) is 8.88. The Bertz CT molecular complexity index is 301. The fraction of sp³-hybridized carbons (Fsp3) is 0.222. The Morgan fingerprint density at radius 1 is 1.54 bits per heavy atom. The van der Waals surface area contributed by atoms with Crippen molar-refractivity contribution in [2.45, 2.75) is 6.54 Å². The van der Waals surface area contributed by atoms with Crippen LogP contribution in [0.3, 0.4) is 0 Å². The molecule has 1 rings (SSSR count). The van der Waals surface area contributed by atoms with Gasteiger partial charge in [-0.25, -0.2) is 0 Å². The predicted molar refractivity (Wildman–Crippen MR) is 59.9 cm³/mol. The smallest absolute Gasteiger partial charge is 0.166 e. The van der Waals surface area contributed by atoms with Gasteiger partial charge in [0.2, 0.25) is 0 Å². The van der Waals surface area contributed by atoms with E-state index in [4.69, 9.17) is 23.8 Å². The van der Waals surface area contributed by atoms with Gasteiger partial charge in [-0.15, -0.1) is 0 Å². The Morgan fingerprint density at radius 2 is 2.31 bits per heavy atom. The van der Waals surface area contributed by atoms with E-state index in [0.717, 1.165) is 10.6 Å². The van der Waals surface area contributed by atoms with Crippen molar-refractivity contribution >= 4 is 28.9 Å². The second-order valence-electron chi connectivity index (χ2n) is 2.56. The van der Waals surface area contributed by atoms with Crippen molar-refractivity contribution in [3.63, 3.8) is 0 Å². The van der Waals surface area contributed by atoms with Crippen molar-refractivity contribution in [3.8, 4) is 0 Å². The molecule has 70 valence electrons. The van der Waals surface area contributed by atoms with Crippen LogP contribution in [0.15, 0.2) is 24.3 Å². The highest BCUT2D eigenvalue weighted by molar-refractivity contribution is 7.80. The Hall–Kier alpha value is -0.800. The molecule has 0 bridgehead atoms. The molecular formula is C9H11ClN2S. The molecule has 0 radical (unpaired) electrons. The molecule has 0 heterocycles. The summed E-state index contributed by atoms with van der Waals surface area (Å²) in [7, 11) is 1.79. The van der Waals surface area contributed by atoms with Crippen LogP contribution in [0.4, 0.5) is 0 Å². The average Bonchev–Trinajstić information content (AvgIpc) is 2.14. The zero-order chi connectivity index (χ0) is 9.68. The lowest BCUT2D eigenvalue weighted by Crippen LogP contribution is -2.31. The number of nitrogens with one attached hydrogen (secondary N) is 2. The molecule has 0 fully saturated rings. The fourth-order valence-corrected chi connectivity index (χ4v) is 1.20. The maximum atomic E-state index is 5.82. The van der Waals surface area contributed by atoms with Gasteiger partial charge < -0.3 is 10.6 Å². The third kappa shape index (κ3) is 3.61. The Balaban J connectivity index is 2.50. The third-order valence-corrected chi connectivity index (χ3v) is 2.15. The summed E-state index contributed by atoms with van der Waals surface area (Å²) < 4.78 is 0. The summed E-state index contributed by atoms with van der Waals surface area (Å²) in [6, 6.07) is 7.67. The van der Waals surface area contributed by atoms with E-state index in [-0.39, 0.29) is 0 Å². The van der Waals surface area contributed by atoms with Gasteiger partial charge in [-0.05, 0) is 29.9 Å². The highest BCUT2D eigenvalue weighted by Gasteiger charge is 1.94. The standard InChI is InChI=1S/C9H11ClN2S/c1-11-9(13)12-6-7-3-2-4-8(10)5-7/h2-5H,6H2,1H3,(H2,11,12,13). The number of halogens is 1. The zero-order valence-electron chi connectivity index (χ0n) is 7.30. The van der Waals surface area contributed by atoms with E-state index in [0.29, 0.717) is 11.7 Å². The molecule has 0 spiro atoms. The minimum absolute atomic E-state index is 0.639. The minimum Gasteiger partial charge on any atom is -0.366 e. The molecule has 1 aromatic carbocycles. The van der Waals surface area contributed by atoms with E-state index in [2.05, 4.69) is 10.6 Å². The summed E-state index contributed by atoms with van der Waals surface area (Å²) in [5.74, 6) is 0. The van der Waals surface area contributed by atoms with Crippen LogP contribution in [-0.4, -0.2) is 12.2 Å². The molecule has 13 heavy (non-hydrogen) atoms. The van der Waals surface area contributed by atoms with Crippen molar-refractivity contribution in [1.82, 2.24) is 10.6 Å². The SMILES string of the molecule is CNC(=S)NCc1cccc(Cl)c1. The van der Waals surface area contributed by atoms with Crippen LogP contribution in [0.1, 0.15) is 5.56 Å². The molecule has 0 aliphatic rings. The van der Waals surface area contributed by atoms with Crippen LogP contribution in [0.5, 0.6) is 0 Å². The molecule has 4 heteroatoms. The van der Waals surface area contributed by atoms with Gasteiger partial charge in [0.1, 0.15) is 0 Å².